The Morgan fingerprint density at radius 2 is 2.00 bits per heavy atom. The maximum Gasteiger partial charge on any atom is 0.254 e. The van der Waals surface area contributed by atoms with Crippen LogP contribution in [0.4, 0.5) is 5.00 Å². The smallest absolute Gasteiger partial charge is 0.254 e. The molecule has 27 heavy (non-hydrogen) atoms. The number of thiophene rings is 1. The van der Waals surface area contributed by atoms with Gasteiger partial charge in [0, 0.05) is 23.4 Å². The first-order chi connectivity index (χ1) is 13.0. The maximum absolute atomic E-state index is 12.9. The highest BCUT2D eigenvalue weighted by molar-refractivity contribution is 7.17. The fraction of sp³-hybridized carbons (Fsp3) is 0.667. The first-order valence-electron chi connectivity index (χ1n) is 9.70. The van der Waals surface area contributed by atoms with Gasteiger partial charge in [0.2, 0.25) is 5.91 Å². The second-order valence-electron chi connectivity index (χ2n) is 7.84. The predicted molar refractivity (Wildman–Crippen MR) is 103 cm³/mol. The van der Waals surface area contributed by atoms with E-state index in [0.29, 0.717) is 29.4 Å². The Kier molecular flexibility index (Phi) is 5.47. The number of hydrogen-bond donors (Lipinski definition) is 6. The average Bonchev–Trinajstić information content (AvgIpc) is 3.56. The molecule has 1 aromatic heterocycles. The van der Waals surface area contributed by atoms with Crippen LogP contribution in [-0.4, -0.2) is 35.9 Å². The third-order valence-electron chi connectivity index (χ3n) is 5.48. The Morgan fingerprint density at radius 3 is 2.67 bits per heavy atom. The molecule has 1 heterocycles. The van der Waals surface area contributed by atoms with Crippen LogP contribution in [-0.2, 0) is 17.6 Å². The Labute approximate surface area is 162 Å². The summed E-state index contributed by atoms with van der Waals surface area (Å²) in [6.45, 7) is 0.695. The van der Waals surface area contributed by atoms with Crippen molar-refractivity contribution >= 4 is 28.2 Å². The van der Waals surface area contributed by atoms with Gasteiger partial charge in [-0.2, -0.15) is 5.48 Å². The molecule has 8 nitrogen and oxygen atoms in total. The van der Waals surface area contributed by atoms with Gasteiger partial charge in [-0.15, -0.1) is 11.3 Å². The predicted octanol–water partition coefficient (Wildman–Crippen LogP) is 0.904. The Hall–Kier alpha value is -1.52. The number of rotatable bonds is 8. The van der Waals surface area contributed by atoms with Crippen molar-refractivity contribution < 1.29 is 14.8 Å². The van der Waals surface area contributed by atoms with Crippen LogP contribution < -0.4 is 27.2 Å². The van der Waals surface area contributed by atoms with E-state index in [1.165, 1.54) is 24.2 Å². The van der Waals surface area contributed by atoms with Crippen LogP contribution in [0.3, 0.4) is 0 Å². The van der Waals surface area contributed by atoms with Gasteiger partial charge in [0.05, 0.1) is 5.56 Å². The molecule has 9 heteroatoms. The number of hydrogen-bond acceptors (Lipinski definition) is 7. The second-order valence-corrected chi connectivity index (χ2v) is 8.94. The summed E-state index contributed by atoms with van der Waals surface area (Å²) in [5.41, 5.74) is 9.32. The zero-order chi connectivity index (χ0) is 19.0. The van der Waals surface area contributed by atoms with E-state index >= 15 is 0 Å². The SMILES string of the molecule is NC(NO)NC1CCc2sc(NC(=O)C3CC3)c(C(=O)NCC3CC3)c2C1. The van der Waals surface area contributed by atoms with Gasteiger partial charge in [0.1, 0.15) is 11.3 Å². The van der Waals surface area contributed by atoms with Crippen molar-refractivity contribution in [2.75, 3.05) is 11.9 Å². The number of fused-ring (bicyclic) bond motifs is 1. The molecule has 0 spiro atoms. The summed E-state index contributed by atoms with van der Waals surface area (Å²) in [6.07, 6.45) is 5.82. The highest BCUT2D eigenvalue weighted by Crippen LogP contribution is 2.40. The molecule has 0 saturated heterocycles. The standard InChI is InChI=1S/C18H27N5O3S/c19-18(23-26)21-11-5-6-13-12(7-11)14(16(25)20-8-9-1-2-9)17(27-13)22-15(24)10-3-4-10/h9-11,18,21,23,26H,1-8,19H2,(H,20,25)(H,22,24). The van der Waals surface area contributed by atoms with Crippen LogP contribution in [0, 0.1) is 11.8 Å². The van der Waals surface area contributed by atoms with E-state index in [-0.39, 0.29) is 23.8 Å². The van der Waals surface area contributed by atoms with E-state index < -0.39 is 6.29 Å². The van der Waals surface area contributed by atoms with Crippen LogP contribution in [0.5, 0.6) is 0 Å². The number of anilines is 1. The summed E-state index contributed by atoms with van der Waals surface area (Å²) < 4.78 is 0. The minimum atomic E-state index is -0.712. The Bertz CT molecular complexity index is 729. The Morgan fingerprint density at radius 1 is 1.22 bits per heavy atom. The average molecular weight is 394 g/mol. The normalized spacial score (nSPS) is 22.8. The largest absolute Gasteiger partial charge is 0.352 e. The van der Waals surface area contributed by atoms with E-state index in [9.17, 15) is 9.59 Å². The summed E-state index contributed by atoms with van der Waals surface area (Å²) in [7, 11) is 0. The van der Waals surface area contributed by atoms with Crippen molar-refractivity contribution in [3.63, 3.8) is 0 Å². The number of nitrogens with one attached hydrogen (secondary N) is 4. The summed E-state index contributed by atoms with van der Waals surface area (Å²) >= 11 is 1.52. The third kappa shape index (κ3) is 4.49. The minimum Gasteiger partial charge on any atom is -0.352 e. The first kappa shape index (κ1) is 18.8. The summed E-state index contributed by atoms with van der Waals surface area (Å²) in [6, 6.07) is 0.0590. The molecule has 0 radical (unpaired) electrons. The quantitative estimate of drug-likeness (QED) is 0.288. The molecule has 2 saturated carbocycles. The summed E-state index contributed by atoms with van der Waals surface area (Å²) in [5, 5.41) is 18.8. The van der Waals surface area contributed by atoms with Crippen molar-refractivity contribution in [3.8, 4) is 0 Å². The molecule has 2 fully saturated rings. The molecule has 0 aromatic carbocycles. The maximum atomic E-state index is 12.9. The molecule has 2 atom stereocenters. The van der Waals surface area contributed by atoms with Gasteiger partial charge in [-0.25, -0.2) is 0 Å². The lowest BCUT2D eigenvalue weighted by Crippen LogP contribution is -2.53. The number of hydroxylamine groups is 1. The molecular weight excluding hydrogens is 366 g/mol. The fourth-order valence-electron chi connectivity index (χ4n) is 3.55. The van der Waals surface area contributed by atoms with Crippen molar-refractivity contribution in [1.29, 1.82) is 0 Å². The number of carbonyl (C=O) groups excluding carboxylic acids is 2. The first-order valence-corrected chi connectivity index (χ1v) is 10.5. The lowest BCUT2D eigenvalue weighted by Gasteiger charge is -2.26. The molecule has 2 amide bonds. The van der Waals surface area contributed by atoms with Gasteiger partial charge in [-0.1, -0.05) is 0 Å². The van der Waals surface area contributed by atoms with Gasteiger partial charge in [0.25, 0.3) is 5.91 Å². The van der Waals surface area contributed by atoms with Crippen LogP contribution >= 0.6 is 11.3 Å². The van der Waals surface area contributed by atoms with E-state index in [2.05, 4.69) is 16.0 Å². The van der Waals surface area contributed by atoms with Crippen molar-refractivity contribution in [2.45, 2.75) is 57.3 Å². The van der Waals surface area contributed by atoms with Crippen LogP contribution in [0.1, 0.15) is 52.9 Å². The van der Waals surface area contributed by atoms with E-state index in [0.717, 1.165) is 36.1 Å². The van der Waals surface area contributed by atoms with Crippen molar-refractivity contribution in [2.24, 2.45) is 17.6 Å². The lowest BCUT2D eigenvalue weighted by atomic mass is 9.91. The molecule has 148 valence electrons. The number of aryl methyl sites for hydroxylation is 1. The number of amides is 2. The summed E-state index contributed by atoms with van der Waals surface area (Å²) in [5.74, 6) is 0.604. The van der Waals surface area contributed by atoms with Crippen molar-refractivity contribution in [1.82, 2.24) is 16.1 Å². The third-order valence-corrected chi connectivity index (χ3v) is 6.68. The number of carbonyl (C=O) groups is 2. The monoisotopic (exact) mass is 393 g/mol. The van der Waals surface area contributed by atoms with Crippen molar-refractivity contribution in [3.05, 3.63) is 16.0 Å². The van der Waals surface area contributed by atoms with Gasteiger partial charge in [-0.3, -0.25) is 14.9 Å². The summed E-state index contributed by atoms with van der Waals surface area (Å²) in [4.78, 5) is 26.4. The van der Waals surface area contributed by atoms with Crippen LogP contribution in [0.25, 0.3) is 0 Å². The van der Waals surface area contributed by atoms with E-state index in [1.807, 2.05) is 5.48 Å². The zero-order valence-electron chi connectivity index (χ0n) is 15.2. The van der Waals surface area contributed by atoms with E-state index in [1.54, 1.807) is 0 Å². The lowest BCUT2D eigenvalue weighted by molar-refractivity contribution is -0.117. The number of nitrogens with two attached hydrogens (primary N) is 1. The second kappa shape index (κ2) is 7.84. The Balaban J connectivity index is 1.55. The highest BCUT2D eigenvalue weighted by atomic mass is 32.1. The van der Waals surface area contributed by atoms with Gasteiger partial charge in [-0.05, 0) is 56.4 Å². The minimum absolute atomic E-state index is 0.0195. The zero-order valence-corrected chi connectivity index (χ0v) is 16.0. The van der Waals surface area contributed by atoms with Gasteiger partial charge < -0.3 is 21.6 Å². The molecule has 3 aliphatic carbocycles. The van der Waals surface area contributed by atoms with E-state index in [4.69, 9.17) is 10.9 Å². The van der Waals surface area contributed by atoms with Crippen LogP contribution in [0.2, 0.25) is 0 Å². The molecule has 0 bridgehead atoms. The molecule has 1 aromatic rings. The van der Waals surface area contributed by atoms with Gasteiger partial charge in [0.15, 0.2) is 0 Å². The molecule has 2 unspecified atom stereocenters. The molecule has 7 N–H and O–H groups in total. The van der Waals surface area contributed by atoms with Gasteiger partial charge >= 0.3 is 0 Å². The topological polar surface area (TPSA) is 129 Å². The molecule has 0 aliphatic heterocycles. The fourth-order valence-corrected chi connectivity index (χ4v) is 4.80. The molecule has 3 aliphatic rings. The highest BCUT2D eigenvalue weighted by Gasteiger charge is 2.34. The van der Waals surface area contributed by atoms with Crippen LogP contribution in [0.15, 0.2) is 0 Å². The molecule has 4 rings (SSSR count). The molecular formula is C18H27N5O3S.